The summed E-state index contributed by atoms with van der Waals surface area (Å²) in [7, 11) is 0. The van der Waals surface area contributed by atoms with E-state index in [0.717, 1.165) is 27.8 Å². The van der Waals surface area contributed by atoms with Gasteiger partial charge in [0.25, 0.3) is 0 Å². The Hall–Kier alpha value is -1.22. The van der Waals surface area contributed by atoms with Crippen molar-refractivity contribution >= 4 is 15.9 Å². The lowest BCUT2D eigenvalue weighted by atomic mass is 10.2. The van der Waals surface area contributed by atoms with E-state index in [1.807, 2.05) is 36.7 Å². The van der Waals surface area contributed by atoms with Crippen LogP contribution in [0.2, 0.25) is 0 Å². The molecular formula is C12H11BrN2. The number of nitrogens with zero attached hydrogens (tertiary/aromatic N) is 2. The maximum atomic E-state index is 4.34. The zero-order chi connectivity index (χ0) is 10.7. The van der Waals surface area contributed by atoms with Crippen LogP contribution in [-0.2, 0) is 6.42 Å². The normalized spacial score (nSPS) is 10.3. The molecule has 0 saturated carbocycles. The van der Waals surface area contributed by atoms with Crippen LogP contribution in [0, 0.1) is 0 Å². The highest BCUT2D eigenvalue weighted by Gasteiger charge is 2.04. The van der Waals surface area contributed by atoms with Crippen molar-refractivity contribution in [2.45, 2.75) is 13.3 Å². The van der Waals surface area contributed by atoms with E-state index in [1.54, 1.807) is 0 Å². The number of halogens is 1. The molecule has 3 heteroatoms. The Morgan fingerprint density at radius 3 is 2.40 bits per heavy atom. The Kier molecular flexibility index (Phi) is 3.11. The fourth-order valence-electron chi connectivity index (χ4n) is 1.32. The van der Waals surface area contributed by atoms with Gasteiger partial charge >= 0.3 is 0 Å². The second-order valence-corrected chi connectivity index (χ2v) is 4.10. The maximum Gasteiger partial charge on any atom is 0.160 e. The molecule has 0 aliphatic heterocycles. The van der Waals surface area contributed by atoms with E-state index in [1.165, 1.54) is 0 Å². The van der Waals surface area contributed by atoms with Crippen molar-refractivity contribution in [3.8, 4) is 11.4 Å². The van der Waals surface area contributed by atoms with Crippen LogP contribution in [0.3, 0.4) is 0 Å². The van der Waals surface area contributed by atoms with E-state index >= 15 is 0 Å². The van der Waals surface area contributed by atoms with E-state index in [2.05, 4.69) is 32.8 Å². The summed E-state index contributed by atoms with van der Waals surface area (Å²) in [6, 6.07) is 7.96. The summed E-state index contributed by atoms with van der Waals surface area (Å²) in [5, 5.41) is 0. The monoisotopic (exact) mass is 262 g/mol. The van der Waals surface area contributed by atoms with Crippen LogP contribution >= 0.6 is 15.9 Å². The summed E-state index contributed by atoms with van der Waals surface area (Å²) in [4.78, 5) is 8.68. The number of rotatable bonds is 2. The van der Waals surface area contributed by atoms with E-state index in [4.69, 9.17) is 0 Å². The summed E-state index contributed by atoms with van der Waals surface area (Å²) in [5.41, 5.74) is 2.19. The molecule has 0 spiro atoms. The average Bonchev–Trinajstić information content (AvgIpc) is 2.30. The minimum atomic E-state index is 0.764. The minimum Gasteiger partial charge on any atom is -0.236 e. The van der Waals surface area contributed by atoms with Gasteiger partial charge in [0.1, 0.15) is 0 Å². The Balaban J connectivity index is 2.42. The molecule has 0 N–H and O–H groups in total. The first-order valence-electron chi connectivity index (χ1n) is 4.87. The second kappa shape index (κ2) is 4.53. The minimum absolute atomic E-state index is 0.764. The third kappa shape index (κ3) is 2.23. The van der Waals surface area contributed by atoms with Crippen LogP contribution in [-0.4, -0.2) is 9.97 Å². The molecular weight excluding hydrogens is 252 g/mol. The molecule has 0 atom stereocenters. The predicted molar refractivity (Wildman–Crippen MR) is 64.5 cm³/mol. The lowest BCUT2D eigenvalue weighted by molar-refractivity contribution is 1.05. The molecule has 76 valence electrons. The largest absolute Gasteiger partial charge is 0.236 e. The molecule has 0 unspecified atom stereocenters. The molecule has 0 radical (unpaired) electrons. The van der Waals surface area contributed by atoms with Gasteiger partial charge < -0.3 is 0 Å². The highest BCUT2D eigenvalue weighted by atomic mass is 79.9. The van der Waals surface area contributed by atoms with Gasteiger partial charge in [-0.3, -0.25) is 0 Å². The van der Waals surface area contributed by atoms with Crippen molar-refractivity contribution in [3.05, 3.63) is 46.7 Å². The summed E-state index contributed by atoms with van der Waals surface area (Å²) in [6.07, 6.45) is 4.72. The van der Waals surface area contributed by atoms with Gasteiger partial charge in [-0.1, -0.05) is 41.1 Å². The number of hydrogen-bond acceptors (Lipinski definition) is 2. The number of aromatic nitrogens is 2. The third-order valence-electron chi connectivity index (χ3n) is 2.23. The molecule has 0 saturated heterocycles. The summed E-state index contributed by atoms with van der Waals surface area (Å²) < 4.78 is 1.02. The molecule has 0 fully saturated rings. The summed E-state index contributed by atoms with van der Waals surface area (Å²) in [5.74, 6) is 0.764. The van der Waals surface area contributed by atoms with E-state index in [9.17, 15) is 0 Å². The number of aryl methyl sites for hydroxylation is 1. The van der Waals surface area contributed by atoms with Crippen LogP contribution in [0.15, 0.2) is 41.1 Å². The molecule has 2 aromatic rings. The topological polar surface area (TPSA) is 25.8 Å². The second-order valence-electron chi connectivity index (χ2n) is 3.25. The first-order chi connectivity index (χ1) is 7.31. The molecule has 1 aromatic carbocycles. The van der Waals surface area contributed by atoms with Gasteiger partial charge in [0.15, 0.2) is 5.82 Å². The zero-order valence-corrected chi connectivity index (χ0v) is 10.0. The lowest BCUT2D eigenvalue weighted by Gasteiger charge is -2.02. The lowest BCUT2D eigenvalue weighted by Crippen LogP contribution is -1.91. The van der Waals surface area contributed by atoms with Crippen molar-refractivity contribution in [1.82, 2.24) is 9.97 Å². The van der Waals surface area contributed by atoms with E-state index in [0.29, 0.717) is 0 Å². The number of hydrogen-bond donors (Lipinski definition) is 0. The predicted octanol–water partition coefficient (Wildman–Crippen LogP) is 3.47. The van der Waals surface area contributed by atoms with Crippen LogP contribution in [0.1, 0.15) is 12.5 Å². The van der Waals surface area contributed by atoms with Crippen molar-refractivity contribution < 1.29 is 0 Å². The fraction of sp³-hybridized carbons (Fsp3) is 0.167. The molecule has 0 aliphatic rings. The van der Waals surface area contributed by atoms with E-state index in [-0.39, 0.29) is 0 Å². The SMILES string of the molecule is CCc1cnc(-c2ccccc2Br)nc1. The van der Waals surface area contributed by atoms with Crippen LogP contribution in [0.25, 0.3) is 11.4 Å². The molecule has 2 nitrogen and oxygen atoms in total. The van der Waals surface area contributed by atoms with Gasteiger partial charge in [-0.05, 0) is 18.1 Å². The van der Waals surface area contributed by atoms with Gasteiger partial charge in [-0.15, -0.1) is 0 Å². The zero-order valence-electron chi connectivity index (χ0n) is 8.44. The molecule has 0 amide bonds. The van der Waals surface area contributed by atoms with Crippen molar-refractivity contribution in [2.75, 3.05) is 0 Å². The molecule has 0 bridgehead atoms. The van der Waals surface area contributed by atoms with Crippen LogP contribution in [0.4, 0.5) is 0 Å². The Bertz CT molecular complexity index is 451. The Labute approximate surface area is 97.5 Å². The van der Waals surface area contributed by atoms with Crippen molar-refractivity contribution in [3.63, 3.8) is 0 Å². The van der Waals surface area contributed by atoms with E-state index < -0.39 is 0 Å². The molecule has 2 rings (SSSR count). The van der Waals surface area contributed by atoms with Crippen molar-refractivity contribution in [2.24, 2.45) is 0 Å². The molecule has 15 heavy (non-hydrogen) atoms. The average molecular weight is 263 g/mol. The molecule has 1 aromatic heterocycles. The fourth-order valence-corrected chi connectivity index (χ4v) is 1.78. The quantitative estimate of drug-likeness (QED) is 0.829. The highest BCUT2D eigenvalue weighted by Crippen LogP contribution is 2.24. The third-order valence-corrected chi connectivity index (χ3v) is 2.92. The van der Waals surface area contributed by atoms with Gasteiger partial charge in [-0.2, -0.15) is 0 Å². The Morgan fingerprint density at radius 1 is 1.13 bits per heavy atom. The van der Waals surface area contributed by atoms with Gasteiger partial charge in [0.05, 0.1) is 0 Å². The number of benzene rings is 1. The smallest absolute Gasteiger partial charge is 0.160 e. The molecule has 1 heterocycles. The van der Waals surface area contributed by atoms with Crippen LogP contribution < -0.4 is 0 Å². The first kappa shape index (κ1) is 10.3. The summed E-state index contributed by atoms with van der Waals surface area (Å²) in [6.45, 7) is 2.09. The first-order valence-corrected chi connectivity index (χ1v) is 5.66. The summed E-state index contributed by atoms with van der Waals surface area (Å²) >= 11 is 3.49. The van der Waals surface area contributed by atoms with Gasteiger partial charge in [-0.25, -0.2) is 9.97 Å². The van der Waals surface area contributed by atoms with Gasteiger partial charge in [0, 0.05) is 22.4 Å². The maximum absolute atomic E-state index is 4.34. The van der Waals surface area contributed by atoms with Gasteiger partial charge in [0.2, 0.25) is 0 Å². The highest BCUT2D eigenvalue weighted by molar-refractivity contribution is 9.10. The van der Waals surface area contributed by atoms with Crippen molar-refractivity contribution in [1.29, 1.82) is 0 Å². The Morgan fingerprint density at radius 2 is 1.80 bits per heavy atom. The molecule has 0 aliphatic carbocycles. The standard InChI is InChI=1S/C12H11BrN2/c1-2-9-7-14-12(15-8-9)10-5-3-4-6-11(10)13/h3-8H,2H2,1H3. The van der Waals surface area contributed by atoms with Crippen LogP contribution in [0.5, 0.6) is 0 Å².